The number of ether oxygens (including phenoxy) is 1. The lowest BCUT2D eigenvalue weighted by molar-refractivity contribution is -0.122. The minimum absolute atomic E-state index is 0.310. The predicted octanol–water partition coefficient (Wildman–Crippen LogP) is 1.86. The Kier molecular flexibility index (Phi) is 2.35. The first kappa shape index (κ1) is 12.8. The van der Waals surface area contributed by atoms with E-state index in [2.05, 4.69) is 16.7 Å². The standard InChI is InChI=1S/C18H14N2O3/c21-16-18(20-17(22)19-16)14-4-2-1-3-12(14)13-6-5-10(7-15(13)18)11-8-23-9-11/h1-7,11H,8-9H2,(H2,19,20,21,22). The summed E-state index contributed by atoms with van der Waals surface area (Å²) < 4.78 is 5.28. The van der Waals surface area contributed by atoms with Crippen molar-refractivity contribution < 1.29 is 14.3 Å². The van der Waals surface area contributed by atoms with Crippen LogP contribution in [0.25, 0.3) is 11.1 Å². The zero-order valence-corrected chi connectivity index (χ0v) is 12.3. The van der Waals surface area contributed by atoms with Crippen molar-refractivity contribution in [2.45, 2.75) is 11.5 Å². The number of fused-ring (bicyclic) bond motifs is 5. The summed E-state index contributed by atoms with van der Waals surface area (Å²) in [6.07, 6.45) is 0. The monoisotopic (exact) mass is 306 g/mol. The van der Waals surface area contributed by atoms with Crippen LogP contribution < -0.4 is 10.6 Å². The van der Waals surface area contributed by atoms with Crippen molar-refractivity contribution in [3.8, 4) is 11.1 Å². The van der Waals surface area contributed by atoms with Gasteiger partial charge in [-0.2, -0.15) is 0 Å². The van der Waals surface area contributed by atoms with Gasteiger partial charge in [0.1, 0.15) is 0 Å². The summed E-state index contributed by atoms with van der Waals surface area (Å²) in [6.45, 7) is 1.41. The minimum Gasteiger partial charge on any atom is -0.380 e. The summed E-state index contributed by atoms with van der Waals surface area (Å²) in [6, 6.07) is 13.5. The summed E-state index contributed by atoms with van der Waals surface area (Å²) in [5.41, 5.74) is 3.73. The molecule has 2 aromatic carbocycles. The first-order chi connectivity index (χ1) is 11.2. The SMILES string of the molecule is O=C1NC(=O)C2(N1)c1ccccc1-c1ccc(C3COC3)cc12. The van der Waals surface area contributed by atoms with Crippen LogP contribution in [0.2, 0.25) is 0 Å². The molecule has 2 fully saturated rings. The second-order valence-electron chi connectivity index (χ2n) is 6.24. The van der Waals surface area contributed by atoms with E-state index in [-0.39, 0.29) is 5.91 Å². The second-order valence-corrected chi connectivity index (χ2v) is 6.24. The molecule has 5 rings (SSSR count). The van der Waals surface area contributed by atoms with Gasteiger partial charge in [0.15, 0.2) is 5.54 Å². The highest BCUT2D eigenvalue weighted by Gasteiger charge is 2.54. The molecule has 3 amide bonds. The highest BCUT2D eigenvalue weighted by atomic mass is 16.5. The zero-order valence-electron chi connectivity index (χ0n) is 12.3. The van der Waals surface area contributed by atoms with E-state index < -0.39 is 11.6 Å². The van der Waals surface area contributed by atoms with Crippen LogP contribution in [0.3, 0.4) is 0 Å². The third-order valence-corrected chi connectivity index (χ3v) is 5.05. The van der Waals surface area contributed by atoms with Crippen molar-refractivity contribution in [3.63, 3.8) is 0 Å². The summed E-state index contributed by atoms with van der Waals surface area (Å²) in [5, 5.41) is 5.26. The molecule has 2 saturated heterocycles. The lowest BCUT2D eigenvalue weighted by atomic mass is 9.85. The Morgan fingerprint density at radius 3 is 2.48 bits per heavy atom. The van der Waals surface area contributed by atoms with Gasteiger partial charge in [0.05, 0.1) is 13.2 Å². The Morgan fingerprint density at radius 2 is 1.78 bits per heavy atom. The minimum atomic E-state index is -1.11. The van der Waals surface area contributed by atoms with Crippen LogP contribution in [0, 0.1) is 0 Å². The van der Waals surface area contributed by atoms with Crippen LogP contribution >= 0.6 is 0 Å². The average molecular weight is 306 g/mol. The van der Waals surface area contributed by atoms with Gasteiger partial charge in [-0.05, 0) is 27.8 Å². The predicted molar refractivity (Wildman–Crippen MR) is 82.9 cm³/mol. The fourth-order valence-electron chi connectivity index (χ4n) is 3.81. The third-order valence-electron chi connectivity index (χ3n) is 5.05. The highest BCUT2D eigenvalue weighted by Crippen LogP contribution is 2.49. The first-order valence-electron chi connectivity index (χ1n) is 7.66. The van der Waals surface area contributed by atoms with Gasteiger partial charge in [-0.15, -0.1) is 0 Å². The van der Waals surface area contributed by atoms with Crippen molar-refractivity contribution in [3.05, 3.63) is 59.2 Å². The summed E-state index contributed by atoms with van der Waals surface area (Å²) in [4.78, 5) is 24.5. The number of benzene rings is 2. The Bertz CT molecular complexity index is 872. The number of urea groups is 1. The fraction of sp³-hybridized carbons (Fsp3) is 0.222. The van der Waals surface area contributed by atoms with E-state index in [0.717, 1.165) is 27.8 Å². The van der Waals surface area contributed by atoms with Crippen LogP contribution in [0.15, 0.2) is 42.5 Å². The second kappa shape index (κ2) is 4.20. The molecular formula is C18H14N2O3. The molecule has 0 bridgehead atoms. The topological polar surface area (TPSA) is 67.4 Å². The summed E-state index contributed by atoms with van der Waals surface area (Å²) in [5.74, 6) is 0.0527. The molecule has 0 radical (unpaired) electrons. The van der Waals surface area contributed by atoms with E-state index in [1.165, 1.54) is 0 Å². The smallest absolute Gasteiger partial charge is 0.322 e. The van der Waals surface area contributed by atoms with Gasteiger partial charge in [-0.1, -0.05) is 42.5 Å². The van der Waals surface area contributed by atoms with E-state index in [1.54, 1.807) is 0 Å². The molecule has 1 aliphatic carbocycles. The quantitative estimate of drug-likeness (QED) is 0.790. The number of carbonyl (C=O) groups is 2. The van der Waals surface area contributed by atoms with E-state index >= 15 is 0 Å². The van der Waals surface area contributed by atoms with Crippen LogP contribution in [-0.2, 0) is 15.1 Å². The van der Waals surface area contributed by atoms with Crippen molar-refractivity contribution in [2.75, 3.05) is 13.2 Å². The van der Waals surface area contributed by atoms with Gasteiger partial charge in [-0.3, -0.25) is 10.1 Å². The number of hydrogen-bond donors (Lipinski definition) is 2. The molecule has 2 N–H and O–H groups in total. The van der Waals surface area contributed by atoms with E-state index in [0.29, 0.717) is 19.1 Å². The van der Waals surface area contributed by atoms with Crippen molar-refractivity contribution >= 4 is 11.9 Å². The Labute approximate surface area is 132 Å². The number of nitrogens with one attached hydrogen (secondary N) is 2. The van der Waals surface area contributed by atoms with Crippen LogP contribution in [0.5, 0.6) is 0 Å². The molecule has 1 atom stereocenters. The first-order valence-corrected chi connectivity index (χ1v) is 7.66. The number of rotatable bonds is 1. The number of hydrogen-bond acceptors (Lipinski definition) is 3. The molecule has 2 heterocycles. The van der Waals surface area contributed by atoms with Crippen LogP contribution in [-0.4, -0.2) is 25.2 Å². The molecule has 0 aromatic heterocycles. The number of amides is 3. The lowest BCUT2D eigenvalue weighted by Gasteiger charge is -2.28. The summed E-state index contributed by atoms with van der Waals surface area (Å²) >= 11 is 0. The molecule has 5 heteroatoms. The maximum absolute atomic E-state index is 12.7. The molecule has 1 unspecified atom stereocenters. The molecule has 2 aromatic rings. The molecule has 5 nitrogen and oxygen atoms in total. The maximum atomic E-state index is 12.7. The van der Waals surface area contributed by atoms with E-state index in [9.17, 15) is 9.59 Å². The Balaban J connectivity index is 1.79. The van der Waals surface area contributed by atoms with Crippen LogP contribution in [0.4, 0.5) is 4.79 Å². The van der Waals surface area contributed by atoms with Crippen LogP contribution in [0.1, 0.15) is 22.6 Å². The molecule has 2 aliphatic heterocycles. The van der Waals surface area contributed by atoms with Crippen molar-refractivity contribution in [2.24, 2.45) is 0 Å². The molecule has 23 heavy (non-hydrogen) atoms. The van der Waals surface area contributed by atoms with Gasteiger partial charge < -0.3 is 10.1 Å². The van der Waals surface area contributed by atoms with E-state index in [1.807, 2.05) is 36.4 Å². The summed E-state index contributed by atoms with van der Waals surface area (Å²) in [7, 11) is 0. The van der Waals surface area contributed by atoms with Gasteiger partial charge in [0.2, 0.25) is 0 Å². The van der Waals surface area contributed by atoms with E-state index in [4.69, 9.17) is 4.74 Å². The lowest BCUT2D eigenvalue weighted by Crippen LogP contribution is -2.43. The number of carbonyl (C=O) groups excluding carboxylic acids is 2. The average Bonchev–Trinajstić information content (AvgIpc) is 2.95. The number of imide groups is 1. The Hall–Kier alpha value is -2.66. The van der Waals surface area contributed by atoms with Crippen molar-refractivity contribution in [1.82, 2.24) is 10.6 Å². The van der Waals surface area contributed by atoms with Gasteiger partial charge in [0, 0.05) is 5.92 Å². The molecular weight excluding hydrogens is 292 g/mol. The largest absolute Gasteiger partial charge is 0.380 e. The van der Waals surface area contributed by atoms with Crippen molar-refractivity contribution in [1.29, 1.82) is 0 Å². The van der Waals surface area contributed by atoms with Gasteiger partial charge >= 0.3 is 6.03 Å². The molecule has 114 valence electrons. The zero-order chi connectivity index (χ0) is 15.6. The fourth-order valence-corrected chi connectivity index (χ4v) is 3.81. The normalized spacial score (nSPS) is 24.9. The third kappa shape index (κ3) is 1.50. The maximum Gasteiger partial charge on any atom is 0.322 e. The van der Waals surface area contributed by atoms with Gasteiger partial charge in [-0.25, -0.2) is 4.79 Å². The molecule has 3 aliphatic rings. The molecule has 0 saturated carbocycles. The van der Waals surface area contributed by atoms with Gasteiger partial charge in [0.25, 0.3) is 5.91 Å². The molecule has 1 spiro atoms. The highest BCUT2D eigenvalue weighted by molar-refractivity contribution is 6.13. The Morgan fingerprint density at radius 1 is 1.00 bits per heavy atom.